The van der Waals surface area contributed by atoms with Gasteiger partial charge in [-0.25, -0.2) is 0 Å². The first-order chi connectivity index (χ1) is 16.0. The Balaban J connectivity index is 1.36. The van der Waals surface area contributed by atoms with Crippen LogP contribution in [0.15, 0.2) is 66.7 Å². The van der Waals surface area contributed by atoms with E-state index in [9.17, 15) is 15.0 Å². The molecule has 1 heterocycles. The predicted molar refractivity (Wildman–Crippen MR) is 129 cm³/mol. The Morgan fingerprint density at radius 2 is 1.73 bits per heavy atom. The fourth-order valence-corrected chi connectivity index (χ4v) is 4.32. The summed E-state index contributed by atoms with van der Waals surface area (Å²) in [5, 5.41) is 23.5. The number of nitrogens with zero attached hydrogens (tertiary/aromatic N) is 1. The summed E-state index contributed by atoms with van der Waals surface area (Å²) in [6, 6.07) is 20.6. The molecule has 0 bridgehead atoms. The monoisotopic (exact) mass is 446 g/mol. The van der Waals surface area contributed by atoms with E-state index in [1.165, 1.54) is 12.7 Å². The number of amides is 1. The Labute approximate surface area is 194 Å². The molecular formula is C27H30N2O4. The van der Waals surface area contributed by atoms with E-state index in [-0.39, 0.29) is 17.4 Å². The van der Waals surface area contributed by atoms with Gasteiger partial charge in [-0.15, -0.1) is 0 Å². The van der Waals surface area contributed by atoms with E-state index >= 15 is 0 Å². The van der Waals surface area contributed by atoms with Crippen LogP contribution in [0.1, 0.15) is 34.3 Å². The third kappa shape index (κ3) is 5.58. The first-order valence-electron chi connectivity index (χ1n) is 11.3. The molecule has 1 aliphatic heterocycles. The van der Waals surface area contributed by atoms with E-state index in [4.69, 9.17) is 4.74 Å². The van der Waals surface area contributed by atoms with Gasteiger partial charge in [0.15, 0.2) is 11.5 Å². The summed E-state index contributed by atoms with van der Waals surface area (Å²) in [5.41, 5.74) is 3.24. The number of piperidine rings is 1. The third-order valence-electron chi connectivity index (χ3n) is 6.24. The molecule has 1 amide bonds. The number of phenols is 2. The quantitative estimate of drug-likeness (QED) is 0.454. The van der Waals surface area contributed by atoms with Gasteiger partial charge in [-0.3, -0.25) is 4.79 Å². The van der Waals surface area contributed by atoms with Crippen LogP contribution in [0.4, 0.5) is 5.69 Å². The number of carbonyl (C=O) groups is 1. The lowest BCUT2D eigenvalue weighted by molar-refractivity contribution is 0.0687. The van der Waals surface area contributed by atoms with Gasteiger partial charge in [0.2, 0.25) is 0 Å². The lowest BCUT2D eigenvalue weighted by Crippen LogP contribution is -2.39. The van der Waals surface area contributed by atoms with Crippen LogP contribution >= 0.6 is 0 Å². The number of rotatable bonds is 7. The molecule has 172 valence electrons. The van der Waals surface area contributed by atoms with Crippen molar-refractivity contribution in [1.29, 1.82) is 0 Å². The number of likely N-dealkylation sites (tertiary alicyclic amines) is 1. The minimum atomic E-state index is -0.142. The standard InChI is InChI=1S/C27H30N2O4/c1-33-26-10-7-21(16-25(26)31)18-28-22-8-9-24(30)23(17-22)27(32)29-13-11-20(12-14-29)15-19-5-3-2-4-6-19/h2-10,16-17,20,28,30-31H,11-15,18H2,1H3. The van der Waals surface area contributed by atoms with Crippen molar-refractivity contribution in [2.24, 2.45) is 5.92 Å². The van der Waals surface area contributed by atoms with E-state index < -0.39 is 0 Å². The number of hydrogen-bond acceptors (Lipinski definition) is 5. The van der Waals surface area contributed by atoms with E-state index in [2.05, 4.69) is 29.6 Å². The zero-order valence-electron chi connectivity index (χ0n) is 18.8. The van der Waals surface area contributed by atoms with Crippen molar-refractivity contribution >= 4 is 11.6 Å². The molecule has 0 unspecified atom stereocenters. The van der Waals surface area contributed by atoms with E-state index in [1.54, 1.807) is 30.3 Å². The maximum atomic E-state index is 13.1. The Kier molecular flexibility index (Phi) is 7.03. The minimum Gasteiger partial charge on any atom is -0.507 e. The van der Waals surface area contributed by atoms with Crippen molar-refractivity contribution in [2.45, 2.75) is 25.8 Å². The third-order valence-corrected chi connectivity index (χ3v) is 6.24. The van der Waals surface area contributed by atoms with Crippen molar-refractivity contribution in [1.82, 2.24) is 4.90 Å². The van der Waals surface area contributed by atoms with Crippen LogP contribution in [-0.2, 0) is 13.0 Å². The Bertz CT molecular complexity index is 1090. The van der Waals surface area contributed by atoms with Crippen molar-refractivity contribution in [2.75, 3.05) is 25.5 Å². The summed E-state index contributed by atoms with van der Waals surface area (Å²) in [6.07, 6.45) is 2.95. The molecule has 3 aromatic carbocycles. The zero-order valence-corrected chi connectivity index (χ0v) is 18.8. The largest absolute Gasteiger partial charge is 0.507 e. The fourth-order valence-electron chi connectivity index (χ4n) is 4.32. The molecule has 1 saturated heterocycles. The number of anilines is 1. The number of nitrogens with one attached hydrogen (secondary N) is 1. The second-order valence-corrected chi connectivity index (χ2v) is 8.52. The number of carbonyl (C=O) groups excluding carboxylic acids is 1. The average Bonchev–Trinajstić information content (AvgIpc) is 2.84. The molecule has 0 saturated carbocycles. The molecular weight excluding hydrogens is 416 g/mol. The molecule has 33 heavy (non-hydrogen) atoms. The van der Waals surface area contributed by atoms with Gasteiger partial charge in [-0.1, -0.05) is 36.4 Å². The first-order valence-corrected chi connectivity index (χ1v) is 11.3. The van der Waals surface area contributed by atoms with Crippen LogP contribution in [0.5, 0.6) is 17.2 Å². The molecule has 6 nitrogen and oxygen atoms in total. The molecule has 0 atom stereocenters. The number of hydrogen-bond donors (Lipinski definition) is 3. The minimum absolute atomic E-state index is 0.0148. The molecule has 3 aromatic rings. The zero-order chi connectivity index (χ0) is 23.2. The lowest BCUT2D eigenvalue weighted by atomic mass is 9.90. The van der Waals surface area contributed by atoms with Gasteiger partial charge in [0.1, 0.15) is 5.75 Å². The molecule has 1 aliphatic rings. The molecule has 6 heteroatoms. The summed E-state index contributed by atoms with van der Waals surface area (Å²) in [6.45, 7) is 1.85. The lowest BCUT2D eigenvalue weighted by Gasteiger charge is -2.32. The Morgan fingerprint density at radius 3 is 2.42 bits per heavy atom. The highest BCUT2D eigenvalue weighted by molar-refractivity contribution is 5.97. The topological polar surface area (TPSA) is 82.0 Å². The molecule has 3 N–H and O–H groups in total. The number of phenolic OH excluding ortho intramolecular Hbond substituents is 2. The van der Waals surface area contributed by atoms with Crippen LogP contribution in [-0.4, -0.2) is 41.2 Å². The van der Waals surface area contributed by atoms with Gasteiger partial charge >= 0.3 is 0 Å². The van der Waals surface area contributed by atoms with E-state index in [0.717, 1.165) is 30.5 Å². The number of benzene rings is 3. The molecule has 0 aliphatic carbocycles. The van der Waals surface area contributed by atoms with E-state index in [1.807, 2.05) is 17.0 Å². The van der Waals surface area contributed by atoms with Crippen molar-refractivity contribution in [3.8, 4) is 17.2 Å². The Morgan fingerprint density at radius 1 is 0.970 bits per heavy atom. The summed E-state index contributed by atoms with van der Waals surface area (Å²) >= 11 is 0. The maximum absolute atomic E-state index is 13.1. The molecule has 0 radical (unpaired) electrons. The van der Waals surface area contributed by atoms with Crippen LogP contribution in [0.3, 0.4) is 0 Å². The summed E-state index contributed by atoms with van der Waals surface area (Å²) in [4.78, 5) is 15.0. The highest BCUT2D eigenvalue weighted by Crippen LogP contribution is 2.29. The fraction of sp³-hybridized carbons (Fsp3) is 0.296. The van der Waals surface area contributed by atoms with Gasteiger partial charge < -0.3 is 25.2 Å². The predicted octanol–water partition coefficient (Wildman–Crippen LogP) is 4.81. The molecule has 0 aromatic heterocycles. The number of aromatic hydroxyl groups is 2. The van der Waals surface area contributed by atoms with Gasteiger partial charge in [0, 0.05) is 25.3 Å². The average molecular weight is 447 g/mol. The van der Waals surface area contributed by atoms with Gasteiger partial charge in [0.25, 0.3) is 5.91 Å². The molecule has 0 spiro atoms. The second kappa shape index (κ2) is 10.3. The van der Waals surface area contributed by atoms with E-state index in [0.29, 0.717) is 36.9 Å². The summed E-state index contributed by atoms with van der Waals surface area (Å²) < 4.78 is 5.07. The van der Waals surface area contributed by atoms with Gasteiger partial charge in [-0.2, -0.15) is 0 Å². The van der Waals surface area contributed by atoms with Crippen LogP contribution < -0.4 is 10.1 Å². The highest BCUT2D eigenvalue weighted by Gasteiger charge is 2.25. The highest BCUT2D eigenvalue weighted by atomic mass is 16.5. The van der Waals surface area contributed by atoms with Crippen LogP contribution in [0.2, 0.25) is 0 Å². The van der Waals surface area contributed by atoms with Gasteiger partial charge in [0.05, 0.1) is 12.7 Å². The van der Waals surface area contributed by atoms with Crippen molar-refractivity contribution in [3.05, 3.63) is 83.4 Å². The smallest absolute Gasteiger partial charge is 0.257 e. The van der Waals surface area contributed by atoms with Gasteiger partial charge in [-0.05, 0) is 66.6 Å². The maximum Gasteiger partial charge on any atom is 0.257 e. The summed E-state index contributed by atoms with van der Waals surface area (Å²) in [7, 11) is 1.51. The van der Waals surface area contributed by atoms with Crippen molar-refractivity contribution < 1.29 is 19.7 Å². The molecule has 4 rings (SSSR count). The van der Waals surface area contributed by atoms with Crippen LogP contribution in [0, 0.1) is 5.92 Å². The first kappa shape index (κ1) is 22.5. The van der Waals surface area contributed by atoms with Crippen molar-refractivity contribution in [3.63, 3.8) is 0 Å². The Hall–Kier alpha value is -3.67. The van der Waals surface area contributed by atoms with Crippen LogP contribution in [0.25, 0.3) is 0 Å². The number of ether oxygens (including phenoxy) is 1. The second-order valence-electron chi connectivity index (χ2n) is 8.52. The SMILES string of the molecule is COc1ccc(CNc2ccc(O)c(C(=O)N3CCC(Cc4ccccc4)CC3)c2)cc1O. The molecule has 1 fully saturated rings. The normalized spacial score (nSPS) is 14.2. The summed E-state index contributed by atoms with van der Waals surface area (Å²) in [5.74, 6) is 0.909. The number of methoxy groups -OCH3 is 1.